The molecule has 1 aliphatic carbocycles. The second kappa shape index (κ2) is 3.19. The van der Waals surface area contributed by atoms with Crippen LogP contribution in [0, 0.1) is 5.92 Å². The monoisotopic (exact) mass is 157 g/mol. The summed E-state index contributed by atoms with van der Waals surface area (Å²) in [4.78, 5) is 10.5. The quantitative estimate of drug-likeness (QED) is 0.479. The Hall–Kier alpha value is -0.610. The first-order valence-corrected chi connectivity index (χ1v) is 3.89. The highest BCUT2D eigenvalue weighted by Crippen LogP contribution is 2.28. The van der Waals surface area contributed by atoms with Crippen molar-refractivity contribution in [1.82, 2.24) is 5.32 Å². The molecule has 0 aromatic carbocycles. The van der Waals surface area contributed by atoms with Crippen LogP contribution in [-0.2, 0) is 4.79 Å². The highest BCUT2D eigenvalue weighted by Gasteiger charge is 2.32. The summed E-state index contributed by atoms with van der Waals surface area (Å²) in [6, 6.07) is 0.0169. The molecule has 3 unspecified atom stereocenters. The van der Waals surface area contributed by atoms with Crippen LogP contribution >= 0.6 is 0 Å². The molecule has 0 bridgehead atoms. The van der Waals surface area contributed by atoms with Crippen LogP contribution in [0.15, 0.2) is 0 Å². The van der Waals surface area contributed by atoms with E-state index in [0.717, 1.165) is 5.92 Å². The number of carbonyl (C=O) groups excluding carboxylic acids is 1. The molecule has 0 radical (unpaired) electrons. The molecule has 0 heterocycles. The predicted molar refractivity (Wildman–Crippen MR) is 42.7 cm³/mol. The van der Waals surface area contributed by atoms with E-state index < -0.39 is 11.9 Å². The van der Waals surface area contributed by atoms with Crippen molar-refractivity contribution in [3.63, 3.8) is 0 Å². The highest BCUT2D eigenvalue weighted by molar-refractivity contribution is 5.79. The molecule has 1 rings (SSSR count). The minimum Gasteiger partial charge on any atom is -0.368 e. The van der Waals surface area contributed by atoms with Crippen molar-refractivity contribution in [2.24, 2.45) is 17.4 Å². The first-order chi connectivity index (χ1) is 5.11. The number of amides is 1. The fourth-order valence-corrected chi connectivity index (χ4v) is 0.985. The minimum atomic E-state index is -0.539. The minimum absolute atomic E-state index is 0.439. The lowest BCUT2D eigenvalue weighted by Crippen LogP contribution is -2.45. The number of nitrogens with one attached hydrogen (secondary N) is 1. The van der Waals surface area contributed by atoms with Gasteiger partial charge < -0.3 is 16.8 Å². The molecule has 64 valence electrons. The number of carbonyl (C=O) groups is 1. The van der Waals surface area contributed by atoms with E-state index in [1.807, 2.05) is 0 Å². The van der Waals surface area contributed by atoms with E-state index in [9.17, 15) is 4.79 Å². The van der Waals surface area contributed by atoms with E-state index in [1.54, 1.807) is 0 Å². The standard InChI is InChI=1S/C7H15N3O/c1-4-2-6(4)10-3-5(8)7(9)11/h4-6,10H,2-3,8H2,1H3,(H2,9,11). The Labute approximate surface area is 66.3 Å². The zero-order valence-corrected chi connectivity index (χ0v) is 6.71. The number of primary amides is 1. The Morgan fingerprint density at radius 1 is 1.82 bits per heavy atom. The molecule has 1 fully saturated rings. The van der Waals surface area contributed by atoms with Crippen molar-refractivity contribution in [3.8, 4) is 0 Å². The van der Waals surface area contributed by atoms with E-state index in [2.05, 4.69) is 12.2 Å². The summed E-state index contributed by atoms with van der Waals surface area (Å²) in [5.41, 5.74) is 10.4. The Balaban J connectivity index is 2.07. The fourth-order valence-electron chi connectivity index (χ4n) is 0.985. The van der Waals surface area contributed by atoms with Crippen molar-refractivity contribution in [3.05, 3.63) is 0 Å². The molecular weight excluding hydrogens is 142 g/mol. The van der Waals surface area contributed by atoms with Gasteiger partial charge >= 0.3 is 0 Å². The van der Waals surface area contributed by atoms with Crippen molar-refractivity contribution in [2.75, 3.05) is 6.54 Å². The third-order valence-electron chi connectivity index (χ3n) is 2.07. The molecule has 0 aliphatic heterocycles. The van der Waals surface area contributed by atoms with Crippen LogP contribution in [0.25, 0.3) is 0 Å². The Morgan fingerprint density at radius 3 is 2.73 bits per heavy atom. The van der Waals surface area contributed by atoms with E-state index in [1.165, 1.54) is 6.42 Å². The summed E-state index contributed by atoms with van der Waals surface area (Å²) in [5, 5.41) is 3.16. The van der Waals surface area contributed by atoms with Gasteiger partial charge in [0, 0.05) is 12.6 Å². The third kappa shape index (κ3) is 2.48. The molecule has 0 aromatic heterocycles. The molecule has 11 heavy (non-hydrogen) atoms. The van der Waals surface area contributed by atoms with Crippen LogP contribution in [0.5, 0.6) is 0 Å². The van der Waals surface area contributed by atoms with Crippen molar-refractivity contribution >= 4 is 5.91 Å². The summed E-state index contributed by atoms with van der Waals surface area (Å²) < 4.78 is 0. The van der Waals surface area contributed by atoms with Crippen LogP contribution in [0.4, 0.5) is 0 Å². The fraction of sp³-hybridized carbons (Fsp3) is 0.857. The predicted octanol–water partition coefficient (Wildman–Crippen LogP) is -1.20. The first-order valence-electron chi connectivity index (χ1n) is 3.89. The first kappa shape index (κ1) is 8.49. The summed E-state index contributed by atoms with van der Waals surface area (Å²) in [6.45, 7) is 2.66. The van der Waals surface area contributed by atoms with E-state index in [-0.39, 0.29) is 0 Å². The van der Waals surface area contributed by atoms with Gasteiger partial charge in [0.05, 0.1) is 6.04 Å². The molecule has 1 aliphatic rings. The van der Waals surface area contributed by atoms with Crippen LogP contribution in [-0.4, -0.2) is 24.5 Å². The van der Waals surface area contributed by atoms with Gasteiger partial charge in [-0.1, -0.05) is 6.92 Å². The lowest BCUT2D eigenvalue weighted by atomic mass is 10.3. The van der Waals surface area contributed by atoms with Gasteiger partial charge in [0.25, 0.3) is 0 Å². The average Bonchev–Trinajstić information content (AvgIpc) is 2.61. The van der Waals surface area contributed by atoms with Crippen LogP contribution in [0.1, 0.15) is 13.3 Å². The Morgan fingerprint density at radius 2 is 2.36 bits per heavy atom. The average molecular weight is 157 g/mol. The maximum atomic E-state index is 10.5. The van der Waals surface area contributed by atoms with Gasteiger partial charge in [-0.3, -0.25) is 4.79 Å². The molecule has 0 saturated heterocycles. The van der Waals surface area contributed by atoms with E-state index >= 15 is 0 Å². The van der Waals surface area contributed by atoms with Gasteiger partial charge in [0.2, 0.25) is 5.91 Å². The molecule has 0 spiro atoms. The number of rotatable bonds is 4. The van der Waals surface area contributed by atoms with Crippen molar-refractivity contribution in [2.45, 2.75) is 25.4 Å². The molecule has 4 heteroatoms. The van der Waals surface area contributed by atoms with Crippen molar-refractivity contribution < 1.29 is 4.79 Å². The van der Waals surface area contributed by atoms with Gasteiger partial charge in [0.1, 0.15) is 0 Å². The molecular formula is C7H15N3O. The van der Waals surface area contributed by atoms with Gasteiger partial charge in [-0.2, -0.15) is 0 Å². The number of hydrogen-bond donors (Lipinski definition) is 3. The smallest absolute Gasteiger partial charge is 0.235 e. The summed E-state index contributed by atoms with van der Waals surface area (Å²) in [6.07, 6.45) is 1.19. The Bertz CT molecular complexity index is 160. The SMILES string of the molecule is CC1CC1NCC(N)C(N)=O. The normalized spacial score (nSPS) is 31.5. The van der Waals surface area contributed by atoms with Gasteiger partial charge in [-0.05, 0) is 12.3 Å². The third-order valence-corrected chi connectivity index (χ3v) is 2.07. The van der Waals surface area contributed by atoms with Crippen LogP contribution in [0.3, 0.4) is 0 Å². The lowest BCUT2D eigenvalue weighted by molar-refractivity contribution is -0.119. The Kier molecular flexibility index (Phi) is 2.46. The zero-order valence-electron chi connectivity index (χ0n) is 6.71. The van der Waals surface area contributed by atoms with Crippen LogP contribution in [0.2, 0.25) is 0 Å². The zero-order chi connectivity index (χ0) is 8.43. The molecule has 0 aromatic rings. The highest BCUT2D eigenvalue weighted by atomic mass is 16.1. The summed E-state index contributed by atoms with van der Waals surface area (Å²) in [7, 11) is 0. The number of nitrogens with two attached hydrogens (primary N) is 2. The van der Waals surface area contributed by atoms with E-state index in [4.69, 9.17) is 11.5 Å². The summed E-state index contributed by atoms with van der Waals surface area (Å²) >= 11 is 0. The van der Waals surface area contributed by atoms with Crippen molar-refractivity contribution in [1.29, 1.82) is 0 Å². The second-order valence-electron chi connectivity index (χ2n) is 3.24. The summed E-state index contributed by atoms with van der Waals surface area (Å²) in [5.74, 6) is 0.292. The molecule has 4 nitrogen and oxygen atoms in total. The molecule has 5 N–H and O–H groups in total. The van der Waals surface area contributed by atoms with Gasteiger partial charge in [0.15, 0.2) is 0 Å². The second-order valence-corrected chi connectivity index (χ2v) is 3.24. The van der Waals surface area contributed by atoms with E-state index in [0.29, 0.717) is 12.6 Å². The maximum absolute atomic E-state index is 10.5. The van der Waals surface area contributed by atoms with Gasteiger partial charge in [-0.15, -0.1) is 0 Å². The van der Waals surface area contributed by atoms with Crippen LogP contribution < -0.4 is 16.8 Å². The number of hydrogen-bond acceptors (Lipinski definition) is 3. The lowest BCUT2D eigenvalue weighted by Gasteiger charge is -2.07. The largest absolute Gasteiger partial charge is 0.368 e. The molecule has 1 saturated carbocycles. The molecule has 3 atom stereocenters. The molecule has 1 amide bonds. The van der Waals surface area contributed by atoms with Gasteiger partial charge in [-0.25, -0.2) is 0 Å². The topological polar surface area (TPSA) is 81.1 Å². The maximum Gasteiger partial charge on any atom is 0.235 e.